The summed E-state index contributed by atoms with van der Waals surface area (Å²) < 4.78 is 31.9. The quantitative estimate of drug-likeness (QED) is 0.823. The Balaban J connectivity index is 1.40. The van der Waals surface area contributed by atoms with Gasteiger partial charge in [0.15, 0.2) is 0 Å². The summed E-state index contributed by atoms with van der Waals surface area (Å²) >= 11 is 0. The van der Waals surface area contributed by atoms with Gasteiger partial charge in [0.05, 0.1) is 18.3 Å². The Labute approximate surface area is 152 Å². The molecule has 2 fully saturated rings. The van der Waals surface area contributed by atoms with Gasteiger partial charge in [0, 0.05) is 30.9 Å². The van der Waals surface area contributed by atoms with Crippen LogP contribution < -0.4 is 0 Å². The lowest BCUT2D eigenvalue weighted by molar-refractivity contribution is -0.148. The number of hydrogen-bond acceptors (Lipinski definition) is 5. The molecule has 1 aliphatic heterocycles. The van der Waals surface area contributed by atoms with Crippen LogP contribution >= 0.6 is 0 Å². The lowest BCUT2D eigenvalue weighted by Crippen LogP contribution is -2.49. The second-order valence-electron chi connectivity index (χ2n) is 7.18. The zero-order valence-electron chi connectivity index (χ0n) is 14.7. The molecule has 3 heterocycles. The van der Waals surface area contributed by atoms with Crippen LogP contribution in [0, 0.1) is 5.92 Å². The maximum atomic E-state index is 12.8. The molecule has 0 amide bonds. The molecule has 2 aromatic rings. The fraction of sp³-hybridized carbons (Fsp3) is 0.556. The average Bonchev–Trinajstić information content (AvgIpc) is 3.04. The van der Waals surface area contributed by atoms with E-state index in [0.29, 0.717) is 31.8 Å². The van der Waals surface area contributed by atoms with Crippen LogP contribution in [0.2, 0.25) is 0 Å². The van der Waals surface area contributed by atoms with E-state index in [-0.39, 0.29) is 11.9 Å². The van der Waals surface area contributed by atoms with Crippen molar-refractivity contribution in [3.63, 3.8) is 0 Å². The zero-order valence-corrected chi connectivity index (χ0v) is 15.5. The fourth-order valence-electron chi connectivity index (χ4n) is 4.11. The monoisotopic (exact) mass is 377 g/mol. The number of carbonyl (C=O) groups excluding carboxylic acids is 1. The molecule has 0 atom stereocenters. The molecule has 1 aliphatic carbocycles. The first-order valence-electron chi connectivity index (χ1n) is 8.99. The summed E-state index contributed by atoms with van der Waals surface area (Å²) in [4.78, 5) is 19.0. The molecule has 0 aromatic carbocycles. The normalized spacial score (nSPS) is 25.1. The van der Waals surface area contributed by atoms with Crippen LogP contribution in [-0.4, -0.2) is 54.1 Å². The summed E-state index contributed by atoms with van der Waals surface area (Å²) in [6, 6.07) is 3.98. The molecule has 2 aromatic heterocycles. The van der Waals surface area contributed by atoms with Gasteiger partial charge in [-0.1, -0.05) is 0 Å². The molecule has 26 heavy (non-hydrogen) atoms. The van der Waals surface area contributed by atoms with E-state index in [1.807, 2.05) is 12.3 Å². The van der Waals surface area contributed by atoms with E-state index in [2.05, 4.69) is 16.0 Å². The molecule has 0 bridgehead atoms. The second kappa shape index (κ2) is 6.66. The average molecular weight is 377 g/mol. The number of piperidine rings is 1. The number of H-pyrrole nitrogens is 1. The summed E-state index contributed by atoms with van der Waals surface area (Å²) in [6.07, 6.45) is 6.12. The first-order chi connectivity index (χ1) is 12.5. The van der Waals surface area contributed by atoms with Crippen molar-refractivity contribution in [3.05, 3.63) is 30.1 Å². The summed E-state index contributed by atoms with van der Waals surface area (Å²) in [5.74, 6) is -0.234. The van der Waals surface area contributed by atoms with Gasteiger partial charge in [0.1, 0.15) is 5.65 Å². The molecule has 0 unspecified atom stereocenters. The van der Waals surface area contributed by atoms with Crippen LogP contribution in [0.25, 0.3) is 11.0 Å². The SMILES string of the molecule is COC(=O)[C@H]1C[C@H](S(=O)(=O)N2CCC(c3c[nH]c4ncccc34)CC2)C1. The number of carbonyl (C=O) groups is 1. The Kier molecular flexibility index (Phi) is 4.48. The zero-order chi connectivity index (χ0) is 18.3. The molecular weight excluding hydrogens is 354 g/mol. The van der Waals surface area contributed by atoms with Crippen LogP contribution in [0.15, 0.2) is 24.5 Å². The third-order valence-corrected chi connectivity index (χ3v) is 8.10. The van der Waals surface area contributed by atoms with E-state index in [4.69, 9.17) is 4.74 Å². The van der Waals surface area contributed by atoms with E-state index in [0.717, 1.165) is 23.9 Å². The minimum atomic E-state index is -3.33. The third-order valence-electron chi connectivity index (χ3n) is 5.79. The first-order valence-corrected chi connectivity index (χ1v) is 10.5. The molecule has 1 saturated heterocycles. The van der Waals surface area contributed by atoms with Gasteiger partial charge in [-0.25, -0.2) is 17.7 Å². The van der Waals surface area contributed by atoms with Gasteiger partial charge in [0.25, 0.3) is 0 Å². The molecular formula is C18H23N3O4S. The molecule has 140 valence electrons. The standard InChI is InChI=1S/C18H23N3O4S/c1-25-18(22)13-9-14(10-13)26(23,24)21-7-4-12(5-8-21)16-11-20-17-15(16)3-2-6-19-17/h2-3,6,11-14H,4-5,7-10H2,1H3,(H,19,20)/t13-,14-. The van der Waals surface area contributed by atoms with Crippen molar-refractivity contribution in [3.8, 4) is 0 Å². The van der Waals surface area contributed by atoms with Crippen molar-refractivity contribution in [1.82, 2.24) is 14.3 Å². The Bertz CT molecular complexity index is 909. The number of aromatic amines is 1. The first kappa shape index (κ1) is 17.5. The van der Waals surface area contributed by atoms with E-state index < -0.39 is 15.3 Å². The van der Waals surface area contributed by atoms with Crippen LogP contribution in [0.3, 0.4) is 0 Å². The molecule has 1 saturated carbocycles. The molecule has 7 nitrogen and oxygen atoms in total. The van der Waals surface area contributed by atoms with E-state index in [1.54, 1.807) is 10.5 Å². The van der Waals surface area contributed by atoms with Crippen molar-refractivity contribution >= 4 is 27.0 Å². The van der Waals surface area contributed by atoms with Gasteiger partial charge < -0.3 is 9.72 Å². The molecule has 0 spiro atoms. The van der Waals surface area contributed by atoms with Crippen molar-refractivity contribution in [2.75, 3.05) is 20.2 Å². The van der Waals surface area contributed by atoms with E-state index in [9.17, 15) is 13.2 Å². The van der Waals surface area contributed by atoms with Gasteiger partial charge in [0.2, 0.25) is 10.0 Å². The van der Waals surface area contributed by atoms with E-state index in [1.165, 1.54) is 12.7 Å². The van der Waals surface area contributed by atoms with Crippen molar-refractivity contribution in [2.45, 2.75) is 36.9 Å². The lowest BCUT2D eigenvalue weighted by Gasteiger charge is -2.39. The highest BCUT2D eigenvalue weighted by molar-refractivity contribution is 7.89. The predicted molar refractivity (Wildman–Crippen MR) is 97.1 cm³/mol. The number of nitrogens with zero attached hydrogens (tertiary/aromatic N) is 2. The highest BCUT2D eigenvalue weighted by atomic mass is 32.2. The summed E-state index contributed by atoms with van der Waals surface area (Å²) in [6.45, 7) is 1.05. The number of sulfonamides is 1. The number of ether oxygens (including phenoxy) is 1. The fourth-order valence-corrected chi connectivity index (χ4v) is 6.21. The minimum Gasteiger partial charge on any atom is -0.469 e. The third kappa shape index (κ3) is 2.91. The van der Waals surface area contributed by atoms with Crippen molar-refractivity contribution < 1.29 is 17.9 Å². The topological polar surface area (TPSA) is 92.4 Å². The Morgan fingerprint density at radius 1 is 1.31 bits per heavy atom. The smallest absolute Gasteiger partial charge is 0.308 e. The number of fused-ring (bicyclic) bond motifs is 1. The largest absolute Gasteiger partial charge is 0.469 e. The Hall–Kier alpha value is -1.93. The molecule has 1 N–H and O–H groups in total. The predicted octanol–water partition coefficient (Wildman–Crippen LogP) is 2.02. The second-order valence-corrected chi connectivity index (χ2v) is 9.39. The minimum absolute atomic E-state index is 0.268. The molecule has 8 heteroatoms. The Morgan fingerprint density at radius 2 is 2.04 bits per heavy atom. The summed E-state index contributed by atoms with van der Waals surface area (Å²) in [5, 5.41) is 0.675. The number of esters is 1. The van der Waals surface area contributed by atoms with Gasteiger partial charge in [-0.15, -0.1) is 0 Å². The van der Waals surface area contributed by atoms with Crippen molar-refractivity contribution in [2.24, 2.45) is 5.92 Å². The van der Waals surface area contributed by atoms with Crippen LogP contribution in [0.1, 0.15) is 37.2 Å². The lowest BCUT2D eigenvalue weighted by atomic mass is 9.85. The van der Waals surface area contributed by atoms with Gasteiger partial charge in [-0.2, -0.15) is 0 Å². The number of methoxy groups -OCH3 is 1. The van der Waals surface area contributed by atoms with Gasteiger partial charge >= 0.3 is 5.97 Å². The van der Waals surface area contributed by atoms with E-state index >= 15 is 0 Å². The Morgan fingerprint density at radius 3 is 2.73 bits per heavy atom. The van der Waals surface area contributed by atoms with Gasteiger partial charge in [-0.05, 0) is 49.3 Å². The van der Waals surface area contributed by atoms with Crippen LogP contribution in [0.5, 0.6) is 0 Å². The molecule has 4 rings (SSSR count). The summed E-state index contributed by atoms with van der Waals surface area (Å²) in [7, 11) is -1.99. The maximum Gasteiger partial charge on any atom is 0.308 e. The molecule has 0 radical (unpaired) electrons. The maximum absolute atomic E-state index is 12.8. The number of nitrogens with one attached hydrogen (secondary N) is 1. The number of pyridine rings is 1. The summed E-state index contributed by atoms with van der Waals surface area (Å²) in [5.41, 5.74) is 2.10. The number of aromatic nitrogens is 2. The van der Waals surface area contributed by atoms with Crippen LogP contribution in [-0.2, 0) is 19.6 Å². The van der Waals surface area contributed by atoms with Gasteiger partial charge in [-0.3, -0.25) is 4.79 Å². The number of rotatable bonds is 4. The van der Waals surface area contributed by atoms with Crippen molar-refractivity contribution in [1.29, 1.82) is 0 Å². The highest BCUT2D eigenvalue weighted by Gasteiger charge is 2.45. The number of hydrogen-bond donors (Lipinski definition) is 1. The highest BCUT2D eigenvalue weighted by Crippen LogP contribution is 2.38. The molecule has 2 aliphatic rings. The van der Waals surface area contributed by atoms with Crippen LogP contribution in [0.4, 0.5) is 0 Å².